The number of sulfonamides is 1. The summed E-state index contributed by atoms with van der Waals surface area (Å²) >= 11 is 0. The van der Waals surface area contributed by atoms with Crippen LogP contribution in [-0.2, 0) is 10.0 Å². The second kappa shape index (κ2) is 5.88. The minimum atomic E-state index is -3.20. The summed E-state index contributed by atoms with van der Waals surface area (Å²) < 4.78 is 26.8. The largest absolute Gasteiger partial charge is 0.313 e. The van der Waals surface area contributed by atoms with Crippen molar-refractivity contribution in [3.05, 3.63) is 0 Å². The first kappa shape index (κ1) is 15.9. The first-order valence-corrected chi connectivity index (χ1v) is 8.39. The van der Waals surface area contributed by atoms with Crippen molar-refractivity contribution in [3.63, 3.8) is 0 Å². The summed E-state index contributed by atoms with van der Waals surface area (Å²) in [5.74, 6) is 0.316. The fourth-order valence-corrected chi connectivity index (χ4v) is 2.50. The summed E-state index contributed by atoms with van der Waals surface area (Å²) in [6.07, 6.45) is 2.36. The highest BCUT2D eigenvalue weighted by atomic mass is 32.2. The van der Waals surface area contributed by atoms with Crippen molar-refractivity contribution >= 4 is 10.0 Å². The van der Waals surface area contributed by atoms with Gasteiger partial charge < -0.3 is 5.32 Å². The Labute approximate surface area is 112 Å². The van der Waals surface area contributed by atoms with Crippen LogP contribution in [0, 0.1) is 11.3 Å². The Morgan fingerprint density at radius 1 is 1.17 bits per heavy atom. The Balaban J connectivity index is 2.37. The normalized spacial score (nSPS) is 20.7. The van der Waals surface area contributed by atoms with Gasteiger partial charge in [0.25, 0.3) is 0 Å². The molecular weight excluding hydrogens is 248 g/mol. The zero-order chi connectivity index (χ0) is 14.0. The van der Waals surface area contributed by atoms with E-state index in [0.29, 0.717) is 25.0 Å². The van der Waals surface area contributed by atoms with E-state index in [-0.39, 0.29) is 10.7 Å². The fraction of sp³-hybridized carbons (Fsp3) is 1.00. The van der Waals surface area contributed by atoms with Gasteiger partial charge in [0.15, 0.2) is 0 Å². The van der Waals surface area contributed by atoms with Crippen LogP contribution < -0.4 is 10.0 Å². The Bertz CT molecular complexity index is 356. The molecule has 0 heterocycles. The van der Waals surface area contributed by atoms with Gasteiger partial charge in [-0.3, -0.25) is 0 Å². The molecule has 0 saturated heterocycles. The predicted molar refractivity (Wildman–Crippen MR) is 76.0 cm³/mol. The maximum absolute atomic E-state index is 12.0. The van der Waals surface area contributed by atoms with Crippen molar-refractivity contribution < 1.29 is 8.42 Å². The van der Waals surface area contributed by atoms with Crippen molar-refractivity contribution in [1.82, 2.24) is 10.0 Å². The van der Waals surface area contributed by atoms with Crippen molar-refractivity contribution in [1.29, 1.82) is 0 Å². The molecule has 5 heteroatoms. The first-order valence-electron chi connectivity index (χ1n) is 6.85. The van der Waals surface area contributed by atoms with Crippen LogP contribution in [0.1, 0.15) is 47.5 Å². The van der Waals surface area contributed by atoms with Gasteiger partial charge in [-0.2, -0.15) is 0 Å². The Kier molecular flexibility index (Phi) is 5.21. The molecule has 1 fully saturated rings. The van der Waals surface area contributed by atoms with Crippen molar-refractivity contribution in [2.45, 2.75) is 58.8 Å². The minimum absolute atomic E-state index is 0.123. The molecule has 1 rings (SSSR count). The average Bonchev–Trinajstić information content (AvgIpc) is 3.04. The van der Waals surface area contributed by atoms with E-state index < -0.39 is 10.0 Å². The topological polar surface area (TPSA) is 58.2 Å². The predicted octanol–water partition coefficient (Wildman–Crippen LogP) is 1.73. The maximum Gasteiger partial charge on any atom is 0.215 e. The number of hydrogen-bond acceptors (Lipinski definition) is 3. The van der Waals surface area contributed by atoms with Gasteiger partial charge in [-0.15, -0.1) is 0 Å². The maximum atomic E-state index is 12.0. The molecule has 2 atom stereocenters. The third kappa shape index (κ3) is 5.24. The zero-order valence-corrected chi connectivity index (χ0v) is 13.1. The van der Waals surface area contributed by atoms with Crippen molar-refractivity contribution in [2.75, 3.05) is 13.1 Å². The van der Waals surface area contributed by atoms with E-state index in [1.807, 2.05) is 0 Å². The van der Waals surface area contributed by atoms with Gasteiger partial charge in [0, 0.05) is 19.1 Å². The molecule has 0 radical (unpaired) electrons. The van der Waals surface area contributed by atoms with Gasteiger partial charge in [0.2, 0.25) is 10.0 Å². The van der Waals surface area contributed by atoms with E-state index in [0.717, 1.165) is 0 Å². The number of rotatable bonds is 7. The highest BCUT2D eigenvalue weighted by Gasteiger charge is 2.27. The quantitative estimate of drug-likeness (QED) is 0.744. The van der Waals surface area contributed by atoms with Gasteiger partial charge in [-0.05, 0) is 31.1 Å². The van der Waals surface area contributed by atoms with E-state index in [2.05, 4.69) is 37.7 Å². The second-order valence-corrected chi connectivity index (χ2v) is 8.84. The van der Waals surface area contributed by atoms with Gasteiger partial charge >= 0.3 is 0 Å². The molecule has 2 N–H and O–H groups in total. The third-order valence-corrected chi connectivity index (χ3v) is 5.67. The van der Waals surface area contributed by atoms with E-state index >= 15 is 0 Å². The molecule has 0 spiro atoms. The van der Waals surface area contributed by atoms with E-state index in [9.17, 15) is 8.42 Å². The lowest BCUT2D eigenvalue weighted by Gasteiger charge is -2.27. The molecule has 0 aromatic carbocycles. The molecule has 0 bridgehead atoms. The molecule has 0 aliphatic heterocycles. The molecule has 0 aromatic heterocycles. The Hall–Kier alpha value is -0.130. The van der Waals surface area contributed by atoms with E-state index in [1.165, 1.54) is 12.8 Å². The molecule has 108 valence electrons. The lowest BCUT2D eigenvalue weighted by molar-refractivity contribution is 0.263. The highest BCUT2D eigenvalue weighted by molar-refractivity contribution is 7.90. The molecule has 0 amide bonds. The van der Waals surface area contributed by atoms with E-state index in [4.69, 9.17) is 0 Å². The summed E-state index contributed by atoms with van der Waals surface area (Å²) in [4.78, 5) is 0. The zero-order valence-electron chi connectivity index (χ0n) is 12.3. The molecule has 1 aliphatic rings. The summed E-state index contributed by atoms with van der Waals surface area (Å²) in [5.41, 5.74) is 0.123. The average molecular weight is 276 g/mol. The van der Waals surface area contributed by atoms with Crippen molar-refractivity contribution in [3.8, 4) is 0 Å². The summed E-state index contributed by atoms with van der Waals surface area (Å²) in [6.45, 7) is 11.3. The van der Waals surface area contributed by atoms with Crippen molar-refractivity contribution in [2.24, 2.45) is 11.3 Å². The lowest BCUT2D eigenvalue weighted by atomic mass is 9.82. The minimum Gasteiger partial charge on any atom is -0.313 e. The molecular formula is C13H28N2O2S. The monoisotopic (exact) mass is 276 g/mol. The highest BCUT2D eigenvalue weighted by Crippen LogP contribution is 2.24. The lowest BCUT2D eigenvalue weighted by Crippen LogP contribution is -2.42. The van der Waals surface area contributed by atoms with Crippen LogP contribution in [0.5, 0.6) is 0 Å². The fourth-order valence-electron chi connectivity index (χ4n) is 1.42. The Morgan fingerprint density at radius 2 is 1.72 bits per heavy atom. The van der Waals surface area contributed by atoms with E-state index in [1.54, 1.807) is 6.92 Å². The molecule has 18 heavy (non-hydrogen) atoms. The molecule has 1 saturated carbocycles. The van der Waals surface area contributed by atoms with Gasteiger partial charge in [-0.25, -0.2) is 13.1 Å². The molecule has 4 nitrogen and oxygen atoms in total. The third-order valence-electron chi connectivity index (χ3n) is 3.87. The van der Waals surface area contributed by atoms with Gasteiger partial charge in [0.1, 0.15) is 0 Å². The van der Waals surface area contributed by atoms with Crippen LogP contribution in [0.3, 0.4) is 0 Å². The van der Waals surface area contributed by atoms with Gasteiger partial charge in [-0.1, -0.05) is 27.7 Å². The SMILES string of the molecule is CC(CNS(=O)(=O)C(C)CNC1CC1)C(C)(C)C. The summed E-state index contributed by atoms with van der Waals surface area (Å²) in [6, 6.07) is 0.552. The second-order valence-electron chi connectivity index (χ2n) is 6.65. The van der Waals surface area contributed by atoms with Crippen LogP contribution in [0.15, 0.2) is 0 Å². The van der Waals surface area contributed by atoms with Crippen LogP contribution in [0.2, 0.25) is 0 Å². The van der Waals surface area contributed by atoms with Gasteiger partial charge in [0.05, 0.1) is 5.25 Å². The Morgan fingerprint density at radius 3 is 2.17 bits per heavy atom. The molecule has 2 unspecified atom stereocenters. The first-order chi connectivity index (χ1) is 8.13. The van der Waals surface area contributed by atoms with Crippen LogP contribution in [0.4, 0.5) is 0 Å². The number of nitrogens with one attached hydrogen (secondary N) is 2. The molecule has 1 aliphatic carbocycles. The summed E-state index contributed by atoms with van der Waals surface area (Å²) in [5, 5.41) is 2.89. The van der Waals surface area contributed by atoms with Crippen LogP contribution >= 0.6 is 0 Å². The smallest absolute Gasteiger partial charge is 0.215 e. The molecule has 0 aromatic rings. The van der Waals surface area contributed by atoms with Crippen LogP contribution in [0.25, 0.3) is 0 Å². The standard InChI is InChI=1S/C13H28N2O2S/c1-10(13(3,4)5)8-15-18(16,17)11(2)9-14-12-6-7-12/h10-12,14-15H,6-9H2,1-5H3. The van der Waals surface area contributed by atoms with Crippen LogP contribution in [-0.4, -0.2) is 32.8 Å². The number of hydrogen-bond donors (Lipinski definition) is 2. The summed E-state index contributed by atoms with van der Waals surface area (Å²) in [7, 11) is -3.20.